The molecule has 33 heavy (non-hydrogen) atoms. The Morgan fingerprint density at radius 3 is 2.58 bits per heavy atom. The summed E-state index contributed by atoms with van der Waals surface area (Å²) < 4.78 is 7.95. The highest BCUT2D eigenvalue weighted by atomic mass is 16.5. The molecule has 5 rings (SSSR count). The van der Waals surface area contributed by atoms with Crippen molar-refractivity contribution >= 4 is 11.7 Å². The third kappa shape index (κ3) is 3.87. The van der Waals surface area contributed by atoms with E-state index in [1.165, 1.54) is 0 Å². The number of nitrogens with zero attached hydrogens (tertiary/aromatic N) is 2. The van der Waals surface area contributed by atoms with Crippen molar-refractivity contribution in [1.29, 1.82) is 0 Å². The fourth-order valence-corrected chi connectivity index (χ4v) is 4.60. The Hall–Kier alpha value is -3.99. The average molecular weight is 438 g/mol. The minimum absolute atomic E-state index is 0.167. The van der Waals surface area contributed by atoms with Gasteiger partial charge in [-0.05, 0) is 60.9 Å². The maximum absolute atomic E-state index is 13.9. The summed E-state index contributed by atoms with van der Waals surface area (Å²) in [5.74, 6) is 0.666. The Kier molecular flexibility index (Phi) is 5.61. The maximum atomic E-state index is 13.9. The van der Waals surface area contributed by atoms with Gasteiger partial charge in [-0.2, -0.15) is 0 Å². The smallest absolute Gasteiger partial charge is 0.323 e. The second-order valence-electron chi connectivity index (χ2n) is 8.18. The van der Waals surface area contributed by atoms with E-state index in [0.29, 0.717) is 24.6 Å². The first-order valence-electron chi connectivity index (χ1n) is 11.3. The van der Waals surface area contributed by atoms with Crippen LogP contribution in [0.1, 0.15) is 35.3 Å². The molecule has 4 aromatic rings. The van der Waals surface area contributed by atoms with Gasteiger partial charge in [-0.3, -0.25) is 0 Å². The molecule has 1 atom stereocenters. The van der Waals surface area contributed by atoms with Crippen LogP contribution in [0, 0.1) is 6.92 Å². The largest absolute Gasteiger partial charge is 0.492 e. The molecule has 2 amide bonds. The van der Waals surface area contributed by atoms with E-state index in [4.69, 9.17) is 4.74 Å². The van der Waals surface area contributed by atoms with Crippen molar-refractivity contribution in [3.8, 4) is 11.4 Å². The molecule has 0 radical (unpaired) electrons. The number of anilines is 1. The number of aryl methyl sites for hydroxylation is 1. The van der Waals surface area contributed by atoms with Crippen LogP contribution in [0.4, 0.5) is 10.5 Å². The van der Waals surface area contributed by atoms with Gasteiger partial charge in [0.15, 0.2) is 0 Å². The summed E-state index contributed by atoms with van der Waals surface area (Å²) in [5, 5.41) is 3.12. The number of para-hydroxylation sites is 3. The highest BCUT2D eigenvalue weighted by Gasteiger charge is 2.33. The van der Waals surface area contributed by atoms with Gasteiger partial charge in [-0.25, -0.2) is 4.79 Å². The third-order valence-corrected chi connectivity index (χ3v) is 6.14. The van der Waals surface area contributed by atoms with E-state index in [2.05, 4.69) is 53.3 Å². The molecule has 1 aromatic heterocycles. The summed E-state index contributed by atoms with van der Waals surface area (Å²) in [6.07, 6.45) is 2.07. The number of carbonyl (C=O) groups is 1. The van der Waals surface area contributed by atoms with Crippen LogP contribution in [0.15, 0.2) is 91.1 Å². The number of nitrogens with one attached hydrogen (secondary N) is 1. The van der Waals surface area contributed by atoms with E-state index in [9.17, 15) is 4.79 Å². The van der Waals surface area contributed by atoms with Crippen LogP contribution in [0.5, 0.6) is 5.75 Å². The van der Waals surface area contributed by atoms with E-state index in [1.54, 1.807) is 0 Å². The van der Waals surface area contributed by atoms with Gasteiger partial charge in [0.25, 0.3) is 0 Å². The van der Waals surface area contributed by atoms with E-state index in [1.807, 2.05) is 66.4 Å². The highest BCUT2D eigenvalue weighted by molar-refractivity contribution is 5.91. The lowest BCUT2D eigenvalue weighted by Gasteiger charge is -2.32. The lowest BCUT2D eigenvalue weighted by molar-refractivity contribution is 0.194. The zero-order valence-electron chi connectivity index (χ0n) is 18.9. The quantitative estimate of drug-likeness (QED) is 0.406. The summed E-state index contributed by atoms with van der Waals surface area (Å²) in [6, 6.07) is 27.9. The Morgan fingerprint density at radius 1 is 0.970 bits per heavy atom. The third-order valence-electron chi connectivity index (χ3n) is 6.14. The molecule has 1 unspecified atom stereocenters. The van der Waals surface area contributed by atoms with Crippen molar-refractivity contribution < 1.29 is 9.53 Å². The fraction of sp³-hybridized carbons (Fsp3) is 0.179. The fourth-order valence-electron chi connectivity index (χ4n) is 4.60. The van der Waals surface area contributed by atoms with Crippen molar-refractivity contribution in [3.63, 3.8) is 0 Å². The topological polar surface area (TPSA) is 46.5 Å². The van der Waals surface area contributed by atoms with Crippen LogP contribution in [0.3, 0.4) is 0 Å². The van der Waals surface area contributed by atoms with E-state index in [0.717, 1.165) is 28.1 Å². The number of aromatic nitrogens is 1. The predicted molar refractivity (Wildman–Crippen MR) is 131 cm³/mol. The molecule has 0 aliphatic carbocycles. The molecule has 166 valence electrons. The number of hydrogen-bond donors (Lipinski definition) is 1. The molecule has 1 aliphatic heterocycles. The summed E-state index contributed by atoms with van der Waals surface area (Å²) in [5.41, 5.74) is 6.18. The average Bonchev–Trinajstić information content (AvgIpc) is 3.26. The molecule has 2 heterocycles. The molecule has 0 bridgehead atoms. The second-order valence-corrected chi connectivity index (χ2v) is 8.18. The van der Waals surface area contributed by atoms with Crippen molar-refractivity contribution in [1.82, 2.24) is 9.47 Å². The summed E-state index contributed by atoms with van der Waals surface area (Å²) in [6.45, 7) is 5.05. The molecular weight excluding hydrogens is 410 g/mol. The van der Waals surface area contributed by atoms with Crippen molar-refractivity contribution in [2.75, 3.05) is 11.9 Å². The Labute approximate surface area is 194 Å². The van der Waals surface area contributed by atoms with Crippen molar-refractivity contribution in [2.45, 2.75) is 26.4 Å². The molecule has 0 saturated heterocycles. The molecule has 0 spiro atoms. The first-order chi connectivity index (χ1) is 16.2. The molecule has 0 saturated carbocycles. The number of amides is 2. The molecule has 1 aliphatic rings. The van der Waals surface area contributed by atoms with Crippen LogP contribution in [0.2, 0.25) is 0 Å². The van der Waals surface area contributed by atoms with Crippen LogP contribution < -0.4 is 10.1 Å². The predicted octanol–water partition coefficient (Wildman–Crippen LogP) is 6.32. The van der Waals surface area contributed by atoms with Crippen molar-refractivity contribution in [2.24, 2.45) is 0 Å². The molecule has 5 heteroatoms. The van der Waals surface area contributed by atoms with Crippen LogP contribution in [-0.4, -0.2) is 22.1 Å². The SMILES string of the molecule is CCOc1ccccc1NC(=O)N1Cc2ccccc2-n2cccc2C1c1ccccc1C. The normalized spacial score (nSPS) is 14.7. The molecule has 3 aromatic carbocycles. The van der Waals surface area contributed by atoms with Gasteiger partial charge < -0.3 is 19.5 Å². The lowest BCUT2D eigenvalue weighted by Crippen LogP contribution is -2.38. The Morgan fingerprint density at radius 2 is 1.73 bits per heavy atom. The Balaban J connectivity index is 1.63. The minimum Gasteiger partial charge on any atom is -0.492 e. The van der Waals surface area contributed by atoms with Crippen LogP contribution in [0.25, 0.3) is 5.69 Å². The molecule has 1 N–H and O–H groups in total. The standard InChI is InChI=1S/C28H27N3O2/c1-3-33-26-17-9-7-14-23(26)29-28(32)31-19-21-12-5-8-15-24(21)30-18-10-16-25(30)27(31)22-13-6-4-11-20(22)2/h4-18,27H,3,19H2,1-2H3,(H,29,32). The minimum atomic E-state index is -0.243. The second kappa shape index (κ2) is 8.87. The van der Waals surface area contributed by atoms with E-state index in [-0.39, 0.29) is 12.1 Å². The van der Waals surface area contributed by atoms with Gasteiger partial charge in [-0.15, -0.1) is 0 Å². The number of fused-ring (bicyclic) bond motifs is 3. The Bertz CT molecular complexity index is 1290. The molecular formula is C28H27N3O2. The highest BCUT2D eigenvalue weighted by Crippen LogP contribution is 2.38. The zero-order valence-corrected chi connectivity index (χ0v) is 18.9. The number of urea groups is 1. The first kappa shape index (κ1) is 20.9. The summed E-state index contributed by atoms with van der Waals surface area (Å²) in [7, 11) is 0. The van der Waals surface area contributed by atoms with Gasteiger partial charge in [0, 0.05) is 11.9 Å². The van der Waals surface area contributed by atoms with Gasteiger partial charge in [-0.1, -0.05) is 54.6 Å². The van der Waals surface area contributed by atoms with Crippen LogP contribution in [-0.2, 0) is 6.54 Å². The molecule has 0 fully saturated rings. The van der Waals surface area contributed by atoms with Gasteiger partial charge in [0.05, 0.1) is 24.5 Å². The maximum Gasteiger partial charge on any atom is 0.323 e. The number of ether oxygens (including phenoxy) is 1. The first-order valence-corrected chi connectivity index (χ1v) is 11.3. The van der Waals surface area contributed by atoms with Gasteiger partial charge in [0.1, 0.15) is 11.8 Å². The van der Waals surface area contributed by atoms with E-state index >= 15 is 0 Å². The van der Waals surface area contributed by atoms with Crippen molar-refractivity contribution in [3.05, 3.63) is 114 Å². The van der Waals surface area contributed by atoms with Gasteiger partial charge >= 0.3 is 6.03 Å². The number of hydrogen-bond acceptors (Lipinski definition) is 2. The van der Waals surface area contributed by atoms with Crippen LogP contribution >= 0.6 is 0 Å². The lowest BCUT2D eigenvalue weighted by atomic mass is 9.97. The zero-order chi connectivity index (χ0) is 22.8. The monoisotopic (exact) mass is 437 g/mol. The summed E-state index contributed by atoms with van der Waals surface area (Å²) >= 11 is 0. The summed E-state index contributed by atoms with van der Waals surface area (Å²) in [4.78, 5) is 15.8. The van der Waals surface area contributed by atoms with Gasteiger partial charge in [0.2, 0.25) is 0 Å². The number of rotatable bonds is 4. The molecule has 5 nitrogen and oxygen atoms in total. The van der Waals surface area contributed by atoms with E-state index < -0.39 is 0 Å². The number of carbonyl (C=O) groups excluding carboxylic acids is 1. The number of benzene rings is 3.